The summed E-state index contributed by atoms with van der Waals surface area (Å²) in [4.78, 5) is 13.0. The van der Waals surface area contributed by atoms with Gasteiger partial charge in [-0.15, -0.1) is 0 Å². The van der Waals surface area contributed by atoms with Gasteiger partial charge in [-0.2, -0.15) is 0 Å². The average Bonchev–Trinajstić information content (AvgIpc) is 2.38. The molecule has 0 bridgehead atoms. The van der Waals surface area contributed by atoms with Crippen molar-refractivity contribution in [1.82, 2.24) is 4.90 Å². The number of hydrogen-bond donors (Lipinski definition) is 2. The molecule has 5 heteroatoms. The van der Waals surface area contributed by atoms with E-state index in [1.165, 1.54) is 0 Å². The number of carbonyl (C=O) groups excluding carboxylic acids is 1. The van der Waals surface area contributed by atoms with E-state index >= 15 is 0 Å². The van der Waals surface area contributed by atoms with E-state index in [-0.39, 0.29) is 18.5 Å². The Morgan fingerprint density at radius 3 is 2.39 bits per heavy atom. The molecule has 0 saturated carbocycles. The number of ether oxygens (including phenoxy) is 1. The lowest BCUT2D eigenvalue weighted by Crippen LogP contribution is -2.39. The maximum Gasteiger partial charge on any atom is 0.231 e. The standard InChI is InChI=1S/C13H21N3O2/c1-3-16(9-13(15)17)12(8-14)10-4-6-11(18-2)7-5-10/h4-7,12H,3,8-9,14H2,1-2H3,(H2,15,17). The van der Waals surface area contributed by atoms with Gasteiger partial charge in [-0.1, -0.05) is 19.1 Å². The molecule has 0 aromatic heterocycles. The third kappa shape index (κ3) is 3.72. The number of nitrogens with zero attached hydrogens (tertiary/aromatic N) is 1. The normalized spacial score (nSPS) is 12.4. The van der Waals surface area contributed by atoms with Gasteiger partial charge in [0.2, 0.25) is 5.91 Å². The van der Waals surface area contributed by atoms with Crippen molar-refractivity contribution < 1.29 is 9.53 Å². The van der Waals surface area contributed by atoms with Gasteiger partial charge in [0.05, 0.1) is 13.7 Å². The Kier molecular flexibility index (Phi) is 5.61. The number of likely N-dealkylation sites (N-methyl/N-ethyl adjacent to an activating group) is 1. The molecule has 18 heavy (non-hydrogen) atoms. The molecule has 0 aliphatic heterocycles. The summed E-state index contributed by atoms with van der Waals surface area (Å²) in [6.45, 7) is 3.35. The highest BCUT2D eigenvalue weighted by molar-refractivity contribution is 5.76. The summed E-state index contributed by atoms with van der Waals surface area (Å²) in [7, 11) is 1.63. The van der Waals surface area contributed by atoms with Crippen molar-refractivity contribution in [2.75, 3.05) is 26.7 Å². The number of carbonyl (C=O) groups is 1. The second-order valence-electron chi connectivity index (χ2n) is 4.05. The van der Waals surface area contributed by atoms with Crippen molar-refractivity contribution in [3.05, 3.63) is 29.8 Å². The molecular formula is C13H21N3O2. The predicted octanol–water partition coefficient (Wildman–Crippen LogP) is 0.502. The Labute approximate surface area is 108 Å². The van der Waals surface area contributed by atoms with Crippen LogP contribution in [-0.2, 0) is 4.79 Å². The van der Waals surface area contributed by atoms with Crippen molar-refractivity contribution in [3.8, 4) is 5.75 Å². The minimum absolute atomic E-state index is 0.00611. The third-order valence-electron chi connectivity index (χ3n) is 2.93. The summed E-state index contributed by atoms with van der Waals surface area (Å²) in [5.74, 6) is 0.455. The molecule has 1 rings (SSSR count). The number of benzene rings is 1. The Morgan fingerprint density at radius 1 is 1.39 bits per heavy atom. The molecule has 0 radical (unpaired) electrons. The first kappa shape index (κ1) is 14.5. The second-order valence-corrected chi connectivity index (χ2v) is 4.05. The predicted molar refractivity (Wildman–Crippen MR) is 71.2 cm³/mol. The number of rotatable bonds is 7. The van der Waals surface area contributed by atoms with E-state index in [1.807, 2.05) is 36.1 Å². The minimum Gasteiger partial charge on any atom is -0.497 e. The van der Waals surface area contributed by atoms with Crippen LogP contribution in [0.15, 0.2) is 24.3 Å². The molecule has 1 aromatic rings. The molecule has 5 nitrogen and oxygen atoms in total. The van der Waals surface area contributed by atoms with Gasteiger partial charge in [-0.25, -0.2) is 0 Å². The fourth-order valence-electron chi connectivity index (χ4n) is 1.96. The number of hydrogen-bond acceptors (Lipinski definition) is 4. The Hall–Kier alpha value is -1.59. The Balaban J connectivity index is 2.88. The molecule has 1 amide bonds. The maximum absolute atomic E-state index is 11.0. The molecule has 0 fully saturated rings. The van der Waals surface area contributed by atoms with Crippen LogP contribution < -0.4 is 16.2 Å². The lowest BCUT2D eigenvalue weighted by atomic mass is 10.0. The maximum atomic E-state index is 11.0. The highest BCUT2D eigenvalue weighted by Crippen LogP contribution is 2.21. The summed E-state index contributed by atoms with van der Waals surface area (Å²) in [5.41, 5.74) is 12.1. The zero-order chi connectivity index (χ0) is 13.5. The fraction of sp³-hybridized carbons (Fsp3) is 0.462. The van der Waals surface area contributed by atoms with Crippen molar-refractivity contribution in [2.45, 2.75) is 13.0 Å². The topological polar surface area (TPSA) is 81.6 Å². The first-order valence-electron chi connectivity index (χ1n) is 5.98. The number of nitrogens with two attached hydrogens (primary N) is 2. The summed E-state index contributed by atoms with van der Waals surface area (Å²) in [6, 6.07) is 7.68. The van der Waals surface area contributed by atoms with E-state index in [0.29, 0.717) is 6.54 Å². The molecular weight excluding hydrogens is 230 g/mol. The van der Waals surface area contributed by atoms with Crippen LogP contribution in [0, 0.1) is 0 Å². The third-order valence-corrected chi connectivity index (χ3v) is 2.93. The summed E-state index contributed by atoms with van der Waals surface area (Å²) in [6.07, 6.45) is 0. The zero-order valence-electron chi connectivity index (χ0n) is 10.9. The van der Waals surface area contributed by atoms with Crippen molar-refractivity contribution in [1.29, 1.82) is 0 Å². The van der Waals surface area contributed by atoms with Gasteiger partial charge in [0.15, 0.2) is 0 Å². The van der Waals surface area contributed by atoms with Crippen LogP contribution in [0.3, 0.4) is 0 Å². The summed E-state index contributed by atoms with van der Waals surface area (Å²) in [5, 5.41) is 0. The SMILES string of the molecule is CCN(CC(N)=O)C(CN)c1ccc(OC)cc1. The van der Waals surface area contributed by atoms with Crippen LogP contribution in [0.2, 0.25) is 0 Å². The molecule has 1 unspecified atom stereocenters. The smallest absolute Gasteiger partial charge is 0.231 e. The first-order valence-corrected chi connectivity index (χ1v) is 5.98. The van der Waals surface area contributed by atoms with Crippen molar-refractivity contribution in [3.63, 3.8) is 0 Å². The lowest BCUT2D eigenvalue weighted by molar-refractivity contribution is -0.119. The highest BCUT2D eigenvalue weighted by Gasteiger charge is 2.19. The van der Waals surface area contributed by atoms with E-state index < -0.39 is 0 Å². The molecule has 0 heterocycles. The number of methoxy groups -OCH3 is 1. The van der Waals surface area contributed by atoms with E-state index in [9.17, 15) is 4.79 Å². The molecule has 1 atom stereocenters. The van der Waals surface area contributed by atoms with E-state index in [1.54, 1.807) is 7.11 Å². The molecule has 0 saturated heterocycles. The van der Waals surface area contributed by atoms with Crippen LogP contribution >= 0.6 is 0 Å². The quantitative estimate of drug-likeness (QED) is 0.739. The monoisotopic (exact) mass is 251 g/mol. The van der Waals surface area contributed by atoms with Crippen molar-refractivity contribution in [2.24, 2.45) is 11.5 Å². The van der Waals surface area contributed by atoms with E-state index in [0.717, 1.165) is 17.9 Å². The van der Waals surface area contributed by atoms with Crippen LogP contribution in [0.4, 0.5) is 0 Å². The summed E-state index contributed by atoms with van der Waals surface area (Å²) >= 11 is 0. The average molecular weight is 251 g/mol. The molecule has 1 aromatic carbocycles. The van der Waals surface area contributed by atoms with Crippen LogP contribution in [0.25, 0.3) is 0 Å². The molecule has 100 valence electrons. The molecule has 0 spiro atoms. The van der Waals surface area contributed by atoms with Crippen LogP contribution in [0.5, 0.6) is 5.75 Å². The molecule has 0 aliphatic carbocycles. The van der Waals surface area contributed by atoms with Crippen LogP contribution in [-0.4, -0.2) is 37.6 Å². The van der Waals surface area contributed by atoms with E-state index in [2.05, 4.69) is 0 Å². The van der Waals surface area contributed by atoms with E-state index in [4.69, 9.17) is 16.2 Å². The molecule has 0 aliphatic rings. The Bertz CT molecular complexity index is 378. The summed E-state index contributed by atoms with van der Waals surface area (Å²) < 4.78 is 5.11. The minimum atomic E-state index is -0.344. The van der Waals surface area contributed by atoms with Crippen molar-refractivity contribution >= 4 is 5.91 Å². The van der Waals surface area contributed by atoms with Gasteiger partial charge in [-0.05, 0) is 24.2 Å². The second kappa shape index (κ2) is 6.98. The van der Waals surface area contributed by atoms with Gasteiger partial charge in [0.1, 0.15) is 5.75 Å². The van der Waals surface area contributed by atoms with Gasteiger partial charge >= 0.3 is 0 Å². The van der Waals surface area contributed by atoms with Gasteiger partial charge in [0.25, 0.3) is 0 Å². The lowest BCUT2D eigenvalue weighted by Gasteiger charge is -2.29. The number of primary amides is 1. The highest BCUT2D eigenvalue weighted by atomic mass is 16.5. The first-order chi connectivity index (χ1) is 8.62. The Morgan fingerprint density at radius 2 is 2.00 bits per heavy atom. The largest absolute Gasteiger partial charge is 0.497 e. The van der Waals surface area contributed by atoms with Gasteiger partial charge < -0.3 is 16.2 Å². The van der Waals surface area contributed by atoms with Gasteiger partial charge in [0, 0.05) is 12.6 Å². The van der Waals surface area contributed by atoms with Gasteiger partial charge in [-0.3, -0.25) is 9.69 Å². The molecule has 4 N–H and O–H groups in total. The fourth-order valence-corrected chi connectivity index (χ4v) is 1.96. The number of amides is 1. The zero-order valence-corrected chi connectivity index (χ0v) is 10.9. The van der Waals surface area contributed by atoms with Crippen LogP contribution in [0.1, 0.15) is 18.5 Å².